The van der Waals surface area contributed by atoms with Crippen molar-refractivity contribution in [1.29, 1.82) is 0 Å². The zero-order valence-electron chi connectivity index (χ0n) is 11.1. The Morgan fingerprint density at radius 1 is 1.05 bits per heavy atom. The van der Waals surface area contributed by atoms with Crippen LogP contribution in [-0.4, -0.2) is 18.6 Å². The quantitative estimate of drug-likeness (QED) is 0.620. The van der Waals surface area contributed by atoms with Crippen molar-refractivity contribution >= 4 is 23.4 Å². The monoisotopic (exact) mass is 266 g/mol. The highest BCUT2D eigenvalue weighted by atomic mass is 16.5. The van der Waals surface area contributed by atoms with Crippen molar-refractivity contribution in [3.05, 3.63) is 60.2 Å². The van der Waals surface area contributed by atoms with Crippen molar-refractivity contribution in [3.8, 4) is 0 Å². The van der Waals surface area contributed by atoms with E-state index in [0.29, 0.717) is 17.9 Å². The van der Waals surface area contributed by atoms with Gasteiger partial charge in [-0.1, -0.05) is 30.3 Å². The largest absolute Gasteiger partial charge is 0.462 e. The average molecular weight is 266 g/mol. The Labute approximate surface area is 117 Å². The Balaban J connectivity index is 2.25. The molecule has 4 heteroatoms. The van der Waals surface area contributed by atoms with Gasteiger partial charge in [0, 0.05) is 0 Å². The molecule has 2 aromatic rings. The lowest BCUT2D eigenvalue weighted by Crippen LogP contribution is -2.04. The molecule has 2 rings (SSSR count). The second-order valence-electron chi connectivity index (χ2n) is 3.90. The number of nitrogens with zero attached hydrogens (tertiary/aromatic N) is 2. The molecular formula is C16H14N2O2. The molecule has 2 aromatic carbocycles. The van der Waals surface area contributed by atoms with Gasteiger partial charge in [0.05, 0.1) is 23.5 Å². The Bertz CT molecular complexity index is 645. The molecule has 0 atom stereocenters. The van der Waals surface area contributed by atoms with Gasteiger partial charge in [-0.15, -0.1) is 0 Å². The van der Waals surface area contributed by atoms with E-state index in [4.69, 9.17) is 4.74 Å². The molecule has 0 bridgehead atoms. The van der Waals surface area contributed by atoms with Gasteiger partial charge >= 0.3 is 5.97 Å². The lowest BCUT2D eigenvalue weighted by molar-refractivity contribution is 0.0527. The van der Waals surface area contributed by atoms with Crippen LogP contribution in [-0.2, 0) is 4.74 Å². The molecule has 100 valence electrons. The van der Waals surface area contributed by atoms with Gasteiger partial charge in [0.2, 0.25) is 0 Å². The maximum Gasteiger partial charge on any atom is 0.340 e. The van der Waals surface area contributed by atoms with Crippen LogP contribution in [0.5, 0.6) is 0 Å². The predicted molar refractivity (Wildman–Crippen MR) is 78.0 cm³/mol. The van der Waals surface area contributed by atoms with Crippen molar-refractivity contribution in [3.63, 3.8) is 0 Å². The second-order valence-corrected chi connectivity index (χ2v) is 3.90. The fraction of sp³-hybridized carbons (Fsp3) is 0.125. The third-order valence-electron chi connectivity index (χ3n) is 2.51. The molecule has 0 N–H and O–H groups in total. The summed E-state index contributed by atoms with van der Waals surface area (Å²) in [5, 5.41) is 0. The van der Waals surface area contributed by atoms with Crippen LogP contribution >= 0.6 is 0 Å². The van der Waals surface area contributed by atoms with Crippen molar-refractivity contribution in [2.45, 2.75) is 6.92 Å². The van der Waals surface area contributed by atoms with Gasteiger partial charge in [0.25, 0.3) is 0 Å². The number of para-hydroxylation sites is 2. The molecule has 0 spiro atoms. The van der Waals surface area contributed by atoms with Crippen LogP contribution in [0.25, 0.3) is 0 Å². The molecule has 0 fully saturated rings. The van der Waals surface area contributed by atoms with Crippen LogP contribution in [0.15, 0.2) is 64.6 Å². The number of hydrogen-bond acceptors (Lipinski definition) is 4. The number of ether oxygens (including phenoxy) is 1. The van der Waals surface area contributed by atoms with Gasteiger partial charge in [-0.3, -0.25) is 0 Å². The van der Waals surface area contributed by atoms with Crippen molar-refractivity contribution in [1.82, 2.24) is 0 Å². The Kier molecular flexibility index (Phi) is 4.81. The van der Waals surface area contributed by atoms with Gasteiger partial charge in [-0.05, 0) is 31.2 Å². The number of rotatable bonds is 4. The molecule has 0 aromatic heterocycles. The van der Waals surface area contributed by atoms with E-state index in [1.807, 2.05) is 30.3 Å². The molecule has 4 nitrogen and oxygen atoms in total. The third kappa shape index (κ3) is 3.64. The number of hydrogen-bond donors (Lipinski definition) is 0. The molecule has 0 saturated heterocycles. The van der Waals surface area contributed by atoms with Crippen LogP contribution in [0.1, 0.15) is 17.3 Å². The van der Waals surface area contributed by atoms with Gasteiger partial charge < -0.3 is 4.74 Å². The topological polar surface area (TPSA) is 51.0 Å². The first-order chi connectivity index (χ1) is 9.81. The first kappa shape index (κ1) is 13.7. The first-order valence-corrected chi connectivity index (χ1v) is 6.29. The van der Waals surface area contributed by atoms with E-state index in [1.165, 1.54) is 0 Å². The molecule has 0 unspecified atom stereocenters. The maximum absolute atomic E-state index is 11.8. The van der Waals surface area contributed by atoms with E-state index in [0.717, 1.165) is 5.69 Å². The summed E-state index contributed by atoms with van der Waals surface area (Å²) in [6.45, 7) is 2.09. The average Bonchev–Trinajstić information content (AvgIpc) is 2.49. The summed E-state index contributed by atoms with van der Waals surface area (Å²) in [6.07, 6.45) is 0. The van der Waals surface area contributed by atoms with Crippen LogP contribution < -0.4 is 0 Å². The molecule has 0 saturated carbocycles. The third-order valence-corrected chi connectivity index (χ3v) is 2.51. The van der Waals surface area contributed by atoms with E-state index < -0.39 is 5.97 Å². The van der Waals surface area contributed by atoms with Gasteiger partial charge in [0.1, 0.15) is 6.01 Å². The Hall–Kier alpha value is -2.71. The lowest BCUT2D eigenvalue weighted by atomic mass is 10.2. The van der Waals surface area contributed by atoms with Crippen LogP contribution in [0.2, 0.25) is 0 Å². The van der Waals surface area contributed by atoms with Gasteiger partial charge in [0.15, 0.2) is 0 Å². The SMILES string of the molecule is CCOC(=O)c1ccccc1N=C=Nc1ccccc1. The molecule has 0 heterocycles. The zero-order chi connectivity index (χ0) is 14.2. The smallest absolute Gasteiger partial charge is 0.340 e. The minimum Gasteiger partial charge on any atom is -0.462 e. The normalized spacial score (nSPS) is 9.45. The zero-order valence-corrected chi connectivity index (χ0v) is 11.1. The van der Waals surface area contributed by atoms with E-state index >= 15 is 0 Å². The molecule has 0 aliphatic rings. The lowest BCUT2D eigenvalue weighted by Gasteiger charge is -2.03. The van der Waals surface area contributed by atoms with E-state index in [1.54, 1.807) is 31.2 Å². The Morgan fingerprint density at radius 2 is 1.75 bits per heavy atom. The van der Waals surface area contributed by atoms with Gasteiger partial charge in [-0.2, -0.15) is 9.98 Å². The first-order valence-electron chi connectivity index (χ1n) is 6.29. The molecule has 0 radical (unpaired) electrons. The molecular weight excluding hydrogens is 252 g/mol. The molecule has 20 heavy (non-hydrogen) atoms. The van der Waals surface area contributed by atoms with Crippen molar-refractivity contribution in [2.24, 2.45) is 9.98 Å². The van der Waals surface area contributed by atoms with Crippen molar-refractivity contribution in [2.75, 3.05) is 6.61 Å². The fourth-order valence-electron chi connectivity index (χ4n) is 1.59. The summed E-state index contributed by atoms with van der Waals surface area (Å²) in [5.41, 5.74) is 1.65. The summed E-state index contributed by atoms with van der Waals surface area (Å²) in [5.74, 6) is -0.395. The van der Waals surface area contributed by atoms with Gasteiger partial charge in [-0.25, -0.2) is 4.79 Å². The highest BCUT2D eigenvalue weighted by molar-refractivity contribution is 5.95. The summed E-state index contributed by atoms with van der Waals surface area (Å²) in [6, 6.07) is 18.9. The minimum absolute atomic E-state index is 0.328. The number of aliphatic imine (C=N–C) groups is 2. The summed E-state index contributed by atoms with van der Waals surface area (Å²) in [4.78, 5) is 19.9. The van der Waals surface area contributed by atoms with Crippen LogP contribution in [0, 0.1) is 0 Å². The highest BCUT2D eigenvalue weighted by Gasteiger charge is 2.10. The van der Waals surface area contributed by atoms with E-state index in [-0.39, 0.29) is 0 Å². The number of carbonyl (C=O) groups is 1. The second kappa shape index (κ2) is 7.02. The molecule has 0 aliphatic heterocycles. The van der Waals surface area contributed by atoms with E-state index in [2.05, 4.69) is 16.0 Å². The standard InChI is InChI=1S/C16H14N2O2/c1-2-20-16(19)14-10-6-7-11-15(14)18-12-17-13-8-4-3-5-9-13/h3-11H,2H2,1H3. The summed E-state index contributed by atoms with van der Waals surface area (Å²) < 4.78 is 4.98. The molecule has 0 amide bonds. The molecule has 0 aliphatic carbocycles. The predicted octanol–water partition coefficient (Wildman–Crippen LogP) is 4.00. The van der Waals surface area contributed by atoms with Crippen LogP contribution in [0.3, 0.4) is 0 Å². The number of esters is 1. The minimum atomic E-state index is -0.395. The number of benzene rings is 2. The fourth-order valence-corrected chi connectivity index (χ4v) is 1.59. The number of carbonyl (C=O) groups excluding carboxylic acids is 1. The maximum atomic E-state index is 11.8. The summed E-state index contributed by atoms with van der Waals surface area (Å²) in [7, 11) is 0. The Morgan fingerprint density at radius 3 is 2.50 bits per heavy atom. The highest BCUT2D eigenvalue weighted by Crippen LogP contribution is 2.19. The van der Waals surface area contributed by atoms with Crippen LogP contribution in [0.4, 0.5) is 11.4 Å². The van der Waals surface area contributed by atoms with Crippen molar-refractivity contribution < 1.29 is 9.53 Å². The summed E-state index contributed by atoms with van der Waals surface area (Å²) >= 11 is 0. The van der Waals surface area contributed by atoms with E-state index in [9.17, 15) is 4.79 Å².